The maximum absolute atomic E-state index is 5.78. The average Bonchev–Trinajstić information content (AvgIpc) is 2.99. The molecule has 0 aromatic carbocycles. The van der Waals surface area contributed by atoms with Crippen molar-refractivity contribution in [2.75, 3.05) is 25.0 Å². The number of anilines is 1. The van der Waals surface area contributed by atoms with Crippen molar-refractivity contribution < 1.29 is 0 Å². The Morgan fingerprint density at radius 2 is 2.37 bits per heavy atom. The summed E-state index contributed by atoms with van der Waals surface area (Å²) in [5.74, 6) is 1.02. The molecule has 5 nitrogen and oxygen atoms in total. The Kier molecular flexibility index (Phi) is 3.45. The van der Waals surface area contributed by atoms with Crippen LogP contribution < -0.4 is 11.1 Å². The first-order chi connectivity index (χ1) is 9.22. The fraction of sp³-hybridized carbons (Fsp3) is 0.692. The third-order valence-electron chi connectivity index (χ3n) is 4.23. The van der Waals surface area contributed by atoms with Crippen molar-refractivity contribution in [3.63, 3.8) is 0 Å². The van der Waals surface area contributed by atoms with E-state index < -0.39 is 0 Å². The quantitative estimate of drug-likeness (QED) is 0.803. The fourth-order valence-corrected chi connectivity index (χ4v) is 3.44. The van der Waals surface area contributed by atoms with E-state index in [1.54, 1.807) is 4.68 Å². The van der Waals surface area contributed by atoms with E-state index >= 15 is 0 Å². The first-order valence-corrected chi connectivity index (χ1v) is 7.52. The zero-order chi connectivity index (χ0) is 13.4. The summed E-state index contributed by atoms with van der Waals surface area (Å²) in [6, 6.07) is 0.433. The molecule has 6 heteroatoms. The number of hydrogen-bond donors (Lipinski definition) is 2. The molecule has 104 valence electrons. The second kappa shape index (κ2) is 5.09. The highest BCUT2D eigenvalue weighted by Crippen LogP contribution is 2.36. The Bertz CT molecular complexity index is 495. The molecule has 0 amide bonds. The fourth-order valence-electron chi connectivity index (χ4n) is 3.31. The molecule has 1 aromatic rings. The zero-order valence-electron chi connectivity index (χ0n) is 11.4. The number of aromatic nitrogens is 2. The summed E-state index contributed by atoms with van der Waals surface area (Å²) in [5, 5.41) is 8.39. The van der Waals surface area contributed by atoms with Crippen LogP contribution in [-0.4, -0.2) is 39.4 Å². The van der Waals surface area contributed by atoms with Gasteiger partial charge in [0.1, 0.15) is 5.82 Å². The molecule has 0 saturated carbocycles. The summed E-state index contributed by atoms with van der Waals surface area (Å²) in [6.07, 6.45) is 4.79. The van der Waals surface area contributed by atoms with E-state index in [9.17, 15) is 0 Å². The molecule has 1 fully saturated rings. The van der Waals surface area contributed by atoms with Gasteiger partial charge in [-0.3, -0.25) is 4.90 Å². The molecule has 0 spiro atoms. The smallest absolute Gasteiger partial charge is 0.193 e. The second-order valence-corrected chi connectivity index (χ2v) is 5.70. The number of rotatable bonds is 2. The molecule has 1 unspecified atom stereocenters. The number of nitrogens with zero attached hydrogens (tertiary/aromatic N) is 3. The molecule has 19 heavy (non-hydrogen) atoms. The topological polar surface area (TPSA) is 59.1 Å². The third kappa shape index (κ3) is 2.12. The van der Waals surface area contributed by atoms with Crippen molar-refractivity contribution in [3.8, 4) is 0 Å². The van der Waals surface area contributed by atoms with Crippen LogP contribution in [0.5, 0.6) is 0 Å². The number of piperidine rings is 1. The van der Waals surface area contributed by atoms with E-state index in [0.29, 0.717) is 11.2 Å². The lowest BCUT2D eigenvalue weighted by molar-refractivity contribution is 0.153. The average molecular weight is 279 g/mol. The second-order valence-electron chi connectivity index (χ2n) is 5.28. The van der Waals surface area contributed by atoms with Gasteiger partial charge in [-0.25, -0.2) is 0 Å². The molecule has 0 bridgehead atoms. The molecule has 2 aliphatic rings. The lowest BCUT2D eigenvalue weighted by Gasteiger charge is -2.34. The largest absolute Gasteiger partial charge is 0.374 e. The SMILES string of the molecule is CCN1CCCCC1c1nn(C(N)=S)c2c1CCN2. The van der Waals surface area contributed by atoms with Crippen LogP contribution in [0.3, 0.4) is 0 Å². The number of nitrogens with two attached hydrogens (primary N) is 1. The van der Waals surface area contributed by atoms with Gasteiger partial charge >= 0.3 is 0 Å². The lowest BCUT2D eigenvalue weighted by atomic mass is 9.96. The Labute approximate surface area is 119 Å². The maximum atomic E-state index is 5.78. The number of fused-ring (bicyclic) bond motifs is 1. The van der Waals surface area contributed by atoms with Crippen LogP contribution in [0.1, 0.15) is 43.5 Å². The monoisotopic (exact) mass is 279 g/mol. The van der Waals surface area contributed by atoms with Crippen molar-refractivity contribution >= 4 is 23.1 Å². The normalized spacial score (nSPS) is 23.1. The van der Waals surface area contributed by atoms with Crippen molar-refractivity contribution in [2.45, 2.75) is 38.6 Å². The van der Waals surface area contributed by atoms with Crippen molar-refractivity contribution in [3.05, 3.63) is 11.3 Å². The molecular weight excluding hydrogens is 258 g/mol. The first-order valence-electron chi connectivity index (χ1n) is 7.12. The summed E-state index contributed by atoms with van der Waals surface area (Å²) in [5.41, 5.74) is 8.28. The van der Waals surface area contributed by atoms with Gasteiger partial charge in [0.2, 0.25) is 0 Å². The molecular formula is C13H21N5S. The van der Waals surface area contributed by atoms with Gasteiger partial charge in [0.05, 0.1) is 11.7 Å². The molecule has 3 heterocycles. The van der Waals surface area contributed by atoms with Crippen LogP contribution in [0.2, 0.25) is 0 Å². The number of likely N-dealkylation sites (tertiary alicyclic amines) is 1. The van der Waals surface area contributed by atoms with E-state index in [1.807, 2.05) is 0 Å². The molecule has 3 rings (SSSR count). The predicted molar refractivity (Wildman–Crippen MR) is 80.4 cm³/mol. The van der Waals surface area contributed by atoms with Gasteiger partial charge in [-0.2, -0.15) is 9.78 Å². The third-order valence-corrected chi connectivity index (χ3v) is 4.40. The Morgan fingerprint density at radius 3 is 3.11 bits per heavy atom. The highest BCUT2D eigenvalue weighted by Gasteiger charge is 2.32. The van der Waals surface area contributed by atoms with Crippen LogP contribution in [0.15, 0.2) is 0 Å². The van der Waals surface area contributed by atoms with E-state index in [1.165, 1.54) is 37.1 Å². The Balaban J connectivity index is 2.00. The first kappa shape index (κ1) is 12.9. The molecule has 1 atom stereocenters. The van der Waals surface area contributed by atoms with E-state index in [0.717, 1.165) is 25.3 Å². The summed E-state index contributed by atoms with van der Waals surface area (Å²) in [6.45, 7) is 5.43. The highest BCUT2D eigenvalue weighted by atomic mass is 32.1. The Morgan fingerprint density at radius 1 is 1.53 bits per heavy atom. The minimum Gasteiger partial charge on any atom is -0.374 e. The van der Waals surface area contributed by atoms with Crippen LogP contribution >= 0.6 is 12.2 Å². The van der Waals surface area contributed by atoms with Crippen LogP contribution in [0.25, 0.3) is 0 Å². The van der Waals surface area contributed by atoms with Crippen LogP contribution in [-0.2, 0) is 6.42 Å². The van der Waals surface area contributed by atoms with Gasteiger partial charge in [0.15, 0.2) is 5.11 Å². The minimum absolute atomic E-state index is 0.329. The van der Waals surface area contributed by atoms with Gasteiger partial charge in [-0.05, 0) is 44.6 Å². The highest BCUT2D eigenvalue weighted by molar-refractivity contribution is 7.80. The van der Waals surface area contributed by atoms with Crippen molar-refractivity contribution in [1.29, 1.82) is 0 Å². The lowest BCUT2D eigenvalue weighted by Crippen LogP contribution is -2.34. The zero-order valence-corrected chi connectivity index (χ0v) is 12.2. The minimum atomic E-state index is 0.329. The van der Waals surface area contributed by atoms with Gasteiger partial charge in [0, 0.05) is 12.1 Å². The van der Waals surface area contributed by atoms with Gasteiger partial charge in [0.25, 0.3) is 0 Å². The van der Waals surface area contributed by atoms with Gasteiger partial charge in [-0.1, -0.05) is 13.3 Å². The molecule has 1 saturated heterocycles. The van der Waals surface area contributed by atoms with E-state index in [2.05, 4.69) is 17.1 Å². The molecule has 0 aliphatic carbocycles. The predicted octanol–water partition coefficient (Wildman–Crippen LogP) is 1.49. The standard InChI is InChI=1S/C13H21N5S/c1-2-17-8-4-3-5-10(17)11-9-6-7-15-12(9)18(16-11)13(14)19/h10,15H,2-8H2,1H3,(H2,14,19). The molecule has 0 radical (unpaired) electrons. The number of nitrogens with one attached hydrogen (secondary N) is 1. The number of thiocarbonyl (C=S) groups is 1. The molecule has 2 aliphatic heterocycles. The Hall–Kier alpha value is -1.14. The van der Waals surface area contributed by atoms with E-state index in [4.69, 9.17) is 23.1 Å². The van der Waals surface area contributed by atoms with E-state index in [-0.39, 0.29) is 0 Å². The van der Waals surface area contributed by atoms with Crippen molar-refractivity contribution in [2.24, 2.45) is 5.73 Å². The molecule has 1 aromatic heterocycles. The summed E-state index contributed by atoms with van der Waals surface area (Å²) in [4.78, 5) is 2.52. The summed E-state index contributed by atoms with van der Waals surface area (Å²) in [7, 11) is 0. The molecule has 3 N–H and O–H groups in total. The van der Waals surface area contributed by atoms with Crippen LogP contribution in [0, 0.1) is 0 Å². The van der Waals surface area contributed by atoms with Gasteiger partial charge in [-0.15, -0.1) is 0 Å². The summed E-state index contributed by atoms with van der Waals surface area (Å²) < 4.78 is 1.70. The van der Waals surface area contributed by atoms with Gasteiger partial charge < -0.3 is 11.1 Å². The maximum Gasteiger partial charge on any atom is 0.193 e. The van der Waals surface area contributed by atoms with Crippen molar-refractivity contribution in [1.82, 2.24) is 14.7 Å². The van der Waals surface area contributed by atoms with Crippen LogP contribution in [0.4, 0.5) is 5.82 Å². The summed E-state index contributed by atoms with van der Waals surface area (Å²) >= 11 is 5.10. The number of hydrogen-bond acceptors (Lipinski definition) is 4.